The normalized spacial score (nSPS) is 18.1. The fourth-order valence-corrected chi connectivity index (χ4v) is 2.33. The van der Waals surface area contributed by atoms with Gasteiger partial charge in [-0.25, -0.2) is 9.59 Å². The van der Waals surface area contributed by atoms with Crippen molar-refractivity contribution in [3.05, 3.63) is 0 Å². The van der Waals surface area contributed by atoms with Crippen LogP contribution in [-0.4, -0.2) is 61.9 Å². The van der Waals surface area contributed by atoms with Gasteiger partial charge in [0.2, 0.25) is 5.91 Å². The lowest BCUT2D eigenvalue weighted by atomic mass is 9.98. The van der Waals surface area contributed by atoms with Crippen molar-refractivity contribution in [3.63, 3.8) is 0 Å². The van der Waals surface area contributed by atoms with Gasteiger partial charge in [0, 0.05) is 19.6 Å². The van der Waals surface area contributed by atoms with E-state index < -0.39 is 17.8 Å². The van der Waals surface area contributed by atoms with E-state index in [1.807, 2.05) is 20.8 Å². The first-order chi connectivity index (χ1) is 10.7. The maximum Gasteiger partial charge on any atom is 0.407 e. The zero-order valence-corrected chi connectivity index (χ0v) is 14.3. The van der Waals surface area contributed by atoms with Crippen molar-refractivity contribution < 1.29 is 23.9 Å². The lowest BCUT2D eigenvalue weighted by molar-refractivity contribution is -0.131. The van der Waals surface area contributed by atoms with Crippen LogP contribution in [-0.2, 0) is 14.3 Å². The third kappa shape index (κ3) is 7.71. The Kier molecular flexibility index (Phi) is 7.12. The number of hydrogen-bond acceptors (Lipinski definition) is 5. The molecule has 0 aromatic rings. The number of carbonyl (C=O) groups is 3. The Morgan fingerprint density at radius 1 is 1.17 bits per heavy atom. The molecule has 3 amide bonds. The number of nitrogens with zero attached hydrogens (tertiary/aromatic N) is 1. The first-order valence-electron chi connectivity index (χ1n) is 7.77. The summed E-state index contributed by atoms with van der Waals surface area (Å²) >= 11 is 0. The Bertz CT molecular complexity index is 433. The Morgan fingerprint density at radius 3 is 2.48 bits per heavy atom. The Morgan fingerprint density at radius 2 is 1.87 bits per heavy atom. The number of piperidine rings is 1. The molecule has 0 radical (unpaired) electrons. The molecular formula is C15H27N3O5. The van der Waals surface area contributed by atoms with Gasteiger partial charge in [-0.3, -0.25) is 4.79 Å². The van der Waals surface area contributed by atoms with Crippen LogP contribution in [0.15, 0.2) is 0 Å². The van der Waals surface area contributed by atoms with Crippen LogP contribution in [0.1, 0.15) is 33.6 Å². The number of methoxy groups -OCH3 is 1. The van der Waals surface area contributed by atoms with Crippen LogP contribution in [0.3, 0.4) is 0 Å². The highest BCUT2D eigenvalue weighted by molar-refractivity contribution is 5.82. The molecule has 132 valence electrons. The van der Waals surface area contributed by atoms with E-state index in [4.69, 9.17) is 4.74 Å². The Balaban J connectivity index is 2.35. The number of rotatable bonds is 4. The van der Waals surface area contributed by atoms with Crippen LogP contribution in [0.25, 0.3) is 0 Å². The molecule has 1 aliphatic rings. The van der Waals surface area contributed by atoms with Gasteiger partial charge < -0.3 is 25.0 Å². The number of amides is 3. The number of likely N-dealkylation sites (tertiary alicyclic amines) is 1. The number of nitrogens with one attached hydrogen (secondary N) is 2. The molecule has 8 nitrogen and oxygen atoms in total. The van der Waals surface area contributed by atoms with E-state index in [0.717, 1.165) is 12.8 Å². The van der Waals surface area contributed by atoms with Crippen LogP contribution >= 0.6 is 0 Å². The van der Waals surface area contributed by atoms with Gasteiger partial charge in [-0.1, -0.05) is 0 Å². The molecule has 8 heteroatoms. The first kappa shape index (κ1) is 19.1. The molecule has 1 rings (SSSR count). The van der Waals surface area contributed by atoms with Crippen LogP contribution in [0, 0.1) is 5.92 Å². The van der Waals surface area contributed by atoms with Gasteiger partial charge in [0.1, 0.15) is 12.1 Å². The average molecular weight is 329 g/mol. The van der Waals surface area contributed by atoms with Crippen molar-refractivity contribution in [2.45, 2.75) is 39.2 Å². The highest BCUT2D eigenvalue weighted by atomic mass is 16.6. The zero-order chi connectivity index (χ0) is 17.5. The molecule has 1 fully saturated rings. The van der Waals surface area contributed by atoms with Crippen molar-refractivity contribution in [1.82, 2.24) is 15.5 Å². The minimum Gasteiger partial charge on any atom is -0.453 e. The molecule has 0 bridgehead atoms. The van der Waals surface area contributed by atoms with Gasteiger partial charge in [0.25, 0.3) is 0 Å². The number of alkyl carbamates (subject to hydrolysis) is 2. The number of ether oxygens (including phenoxy) is 2. The lowest BCUT2D eigenvalue weighted by Gasteiger charge is -2.33. The molecule has 1 atom stereocenters. The smallest absolute Gasteiger partial charge is 0.407 e. The SMILES string of the molecule is COC(=O)NCC(=O)N1CCC[C@H](CNC(=O)OC(C)(C)C)C1. The van der Waals surface area contributed by atoms with Crippen molar-refractivity contribution in [2.24, 2.45) is 5.92 Å². The summed E-state index contributed by atoms with van der Waals surface area (Å²) in [5.74, 6) is 0.0238. The predicted octanol–water partition coefficient (Wildman–Crippen LogP) is 1.11. The van der Waals surface area contributed by atoms with E-state index in [2.05, 4.69) is 15.4 Å². The largest absolute Gasteiger partial charge is 0.453 e. The highest BCUT2D eigenvalue weighted by Gasteiger charge is 2.25. The van der Waals surface area contributed by atoms with Crippen molar-refractivity contribution in [1.29, 1.82) is 0 Å². The average Bonchev–Trinajstić information content (AvgIpc) is 2.48. The molecule has 0 aromatic carbocycles. The third-order valence-corrected chi connectivity index (χ3v) is 3.38. The predicted molar refractivity (Wildman–Crippen MR) is 83.9 cm³/mol. The molecule has 2 N–H and O–H groups in total. The third-order valence-electron chi connectivity index (χ3n) is 3.38. The molecule has 1 heterocycles. The summed E-state index contributed by atoms with van der Waals surface area (Å²) in [6.45, 7) is 7.01. The summed E-state index contributed by atoms with van der Waals surface area (Å²) in [4.78, 5) is 36.4. The van der Waals surface area contributed by atoms with Gasteiger partial charge in [0.15, 0.2) is 0 Å². The van der Waals surface area contributed by atoms with Gasteiger partial charge in [0.05, 0.1) is 7.11 Å². The second kappa shape index (κ2) is 8.59. The molecule has 0 aromatic heterocycles. The minimum atomic E-state index is -0.626. The quantitative estimate of drug-likeness (QED) is 0.805. The summed E-state index contributed by atoms with van der Waals surface area (Å²) in [5.41, 5.74) is -0.530. The van der Waals surface area contributed by atoms with Gasteiger partial charge in [-0.05, 0) is 39.5 Å². The molecule has 0 saturated carbocycles. The van der Waals surface area contributed by atoms with E-state index in [1.165, 1.54) is 7.11 Å². The van der Waals surface area contributed by atoms with Gasteiger partial charge in [-0.15, -0.1) is 0 Å². The van der Waals surface area contributed by atoms with Crippen LogP contribution < -0.4 is 10.6 Å². The van der Waals surface area contributed by atoms with E-state index in [0.29, 0.717) is 19.6 Å². The van der Waals surface area contributed by atoms with E-state index in [-0.39, 0.29) is 18.4 Å². The standard InChI is InChI=1S/C15H27N3O5/c1-15(2,3)23-14(21)16-8-11-6-5-7-18(10-11)12(19)9-17-13(20)22-4/h11H,5-10H2,1-4H3,(H,16,21)(H,17,20)/t11-/m1/s1. The molecule has 0 unspecified atom stereocenters. The fourth-order valence-electron chi connectivity index (χ4n) is 2.33. The molecule has 1 saturated heterocycles. The van der Waals surface area contributed by atoms with Gasteiger partial charge in [-0.2, -0.15) is 0 Å². The van der Waals surface area contributed by atoms with Crippen LogP contribution in [0.4, 0.5) is 9.59 Å². The second-order valence-electron chi connectivity index (χ2n) is 6.58. The van der Waals surface area contributed by atoms with E-state index in [9.17, 15) is 14.4 Å². The summed E-state index contributed by atoms with van der Waals surface area (Å²) < 4.78 is 9.62. The maximum atomic E-state index is 12.0. The summed E-state index contributed by atoms with van der Waals surface area (Å²) in [6, 6.07) is 0. The topological polar surface area (TPSA) is 97.0 Å². The van der Waals surface area contributed by atoms with Crippen LogP contribution in [0.2, 0.25) is 0 Å². The summed E-state index contributed by atoms with van der Waals surface area (Å²) in [6.07, 6.45) is 0.723. The van der Waals surface area contributed by atoms with Crippen molar-refractivity contribution >= 4 is 18.1 Å². The molecular weight excluding hydrogens is 302 g/mol. The summed E-state index contributed by atoms with van der Waals surface area (Å²) in [5, 5.41) is 5.12. The first-order valence-corrected chi connectivity index (χ1v) is 7.77. The monoisotopic (exact) mass is 329 g/mol. The molecule has 0 aliphatic carbocycles. The van der Waals surface area contributed by atoms with Crippen molar-refractivity contribution in [2.75, 3.05) is 33.3 Å². The molecule has 23 heavy (non-hydrogen) atoms. The lowest BCUT2D eigenvalue weighted by Crippen LogP contribution is -2.47. The zero-order valence-electron chi connectivity index (χ0n) is 14.3. The van der Waals surface area contributed by atoms with Crippen LogP contribution in [0.5, 0.6) is 0 Å². The molecule has 0 spiro atoms. The minimum absolute atomic E-state index is 0.0844. The Labute approximate surface area is 136 Å². The molecule has 1 aliphatic heterocycles. The maximum absolute atomic E-state index is 12.0. The Hall–Kier alpha value is -1.99. The second-order valence-corrected chi connectivity index (χ2v) is 6.58. The van der Waals surface area contributed by atoms with Crippen molar-refractivity contribution in [3.8, 4) is 0 Å². The highest BCUT2D eigenvalue weighted by Crippen LogP contribution is 2.16. The van der Waals surface area contributed by atoms with Gasteiger partial charge >= 0.3 is 12.2 Å². The van der Waals surface area contributed by atoms with E-state index in [1.54, 1.807) is 4.90 Å². The number of carbonyl (C=O) groups excluding carboxylic acids is 3. The van der Waals surface area contributed by atoms with E-state index >= 15 is 0 Å². The fraction of sp³-hybridized carbons (Fsp3) is 0.800. The number of hydrogen-bond donors (Lipinski definition) is 2. The summed E-state index contributed by atoms with van der Waals surface area (Å²) in [7, 11) is 1.25.